The number of halogens is 2. The van der Waals surface area contributed by atoms with Crippen molar-refractivity contribution in [3.05, 3.63) is 28.7 Å². The highest BCUT2D eigenvalue weighted by Crippen LogP contribution is 2.49. The summed E-state index contributed by atoms with van der Waals surface area (Å²) in [7, 11) is 0. The van der Waals surface area contributed by atoms with Crippen LogP contribution in [0, 0.1) is 5.41 Å². The third-order valence-corrected chi connectivity index (χ3v) is 4.63. The van der Waals surface area contributed by atoms with Crippen LogP contribution in [0.5, 0.6) is 5.75 Å². The molecule has 0 atom stereocenters. The zero-order chi connectivity index (χ0) is 11.7. The molecular formula is C14H19BrClNO. The van der Waals surface area contributed by atoms with Gasteiger partial charge in [0.05, 0.1) is 6.10 Å². The van der Waals surface area contributed by atoms with Crippen molar-refractivity contribution >= 4 is 28.3 Å². The minimum Gasteiger partial charge on any atom is -0.490 e. The lowest BCUT2D eigenvalue weighted by atomic mass is 9.62. The molecule has 0 radical (unpaired) electrons. The van der Waals surface area contributed by atoms with E-state index in [-0.39, 0.29) is 12.4 Å². The predicted molar refractivity (Wildman–Crippen MR) is 79.6 cm³/mol. The van der Waals surface area contributed by atoms with Crippen LogP contribution < -0.4 is 10.1 Å². The summed E-state index contributed by atoms with van der Waals surface area (Å²) in [6.07, 6.45) is 5.57. The fourth-order valence-electron chi connectivity index (χ4n) is 3.06. The molecule has 1 aliphatic heterocycles. The van der Waals surface area contributed by atoms with Gasteiger partial charge in [0.1, 0.15) is 5.75 Å². The molecule has 4 heteroatoms. The summed E-state index contributed by atoms with van der Waals surface area (Å²) in [5.74, 6) is 1.00. The van der Waals surface area contributed by atoms with Gasteiger partial charge >= 0.3 is 0 Å². The molecule has 0 bridgehead atoms. The van der Waals surface area contributed by atoms with Crippen molar-refractivity contribution in [2.45, 2.75) is 31.8 Å². The van der Waals surface area contributed by atoms with Gasteiger partial charge in [-0.1, -0.05) is 15.9 Å². The van der Waals surface area contributed by atoms with Crippen LogP contribution >= 0.6 is 28.3 Å². The minimum absolute atomic E-state index is 0. The number of benzene rings is 1. The molecule has 0 unspecified atom stereocenters. The van der Waals surface area contributed by atoms with Crippen molar-refractivity contribution in [2.24, 2.45) is 5.41 Å². The smallest absolute Gasteiger partial charge is 0.119 e. The van der Waals surface area contributed by atoms with E-state index in [9.17, 15) is 0 Å². The molecule has 1 aromatic rings. The van der Waals surface area contributed by atoms with E-state index in [1.54, 1.807) is 0 Å². The number of nitrogens with one attached hydrogen (secondary N) is 1. The Balaban J connectivity index is 0.00000120. The van der Waals surface area contributed by atoms with E-state index in [2.05, 4.69) is 21.2 Å². The van der Waals surface area contributed by atoms with E-state index >= 15 is 0 Å². The Bertz CT molecular complexity index is 381. The third kappa shape index (κ3) is 3.01. The normalized spacial score (nSPS) is 22.1. The molecule has 18 heavy (non-hydrogen) atoms. The maximum absolute atomic E-state index is 5.99. The zero-order valence-corrected chi connectivity index (χ0v) is 12.7. The Morgan fingerprint density at radius 3 is 2.33 bits per heavy atom. The first-order valence-electron chi connectivity index (χ1n) is 6.39. The van der Waals surface area contributed by atoms with Crippen LogP contribution in [0.3, 0.4) is 0 Å². The highest BCUT2D eigenvalue weighted by atomic mass is 79.9. The van der Waals surface area contributed by atoms with Gasteiger partial charge in [-0.05, 0) is 68.5 Å². The standard InChI is InChI=1S/C14H18BrNO.ClH/c15-11-1-3-12(4-2-11)17-13-9-14(10-13)5-7-16-8-6-14;/h1-4,13,16H,5-10H2;1H. The molecule has 1 aromatic carbocycles. The van der Waals surface area contributed by atoms with Crippen molar-refractivity contribution in [3.63, 3.8) is 0 Å². The van der Waals surface area contributed by atoms with Gasteiger partial charge in [-0.3, -0.25) is 0 Å². The van der Waals surface area contributed by atoms with Crippen LogP contribution in [0.1, 0.15) is 25.7 Å². The quantitative estimate of drug-likeness (QED) is 0.890. The Hall–Kier alpha value is -0.250. The summed E-state index contributed by atoms with van der Waals surface area (Å²) in [5.41, 5.74) is 0.602. The van der Waals surface area contributed by atoms with Crippen molar-refractivity contribution in [2.75, 3.05) is 13.1 Å². The number of rotatable bonds is 2. The Kier molecular flexibility index (Phi) is 4.57. The monoisotopic (exact) mass is 331 g/mol. The van der Waals surface area contributed by atoms with Gasteiger partial charge in [0.15, 0.2) is 0 Å². The molecule has 2 nitrogen and oxygen atoms in total. The molecule has 2 aliphatic rings. The molecule has 1 spiro atoms. The summed E-state index contributed by atoms with van der Waals surface area (Å²) >= 11 is 3.44. The van der Waals surface area contributed by atoms with Gasteiger partial charge in [0.2, 0.25) is 0 Å². The van der Waals surface area contributed by atoms with Crippen LogP contribution in [0.15, 0.2) is 28.7 Å². The molecule has 1 heterocycles. The number of hydrogen-bond acceptors (Lipinski definition) is 2. The van der Waals surface area contributed by atoms with Gasteiger partial charge in [-0.25, -0.2) is 0 Å². The maximum atomic E-state index is 5.99. The van der Waals surface area contributed by atoms with Crippen molar-refractivity contribution in [1.29, 1.82) is 0 Å². The topological polar surface area (TPSA) is 21.3 Å². The second-order valence-electron chi connectivity index (χ2n) is 5.35. The van der Waals surface area contributed by atoms with Crippen molar-refractivity contribution < 1.29 is 4.74 Å². The number of piperidine rings is 1. The van der Waals surface area contributed by atoms with Crippen LogP contribution in [0.25, 0.3) is 0 Å². The number of ether oxygens (including phenoxy) is 1. The molecular weight excluding hydrogens is 314 g/mol. The van der Waals surface area contributed by atoms with Crippen LogP contribution in [-0.2, 0) is 0 Å². The largest absolute Gasteiger partial charge is 0.490 e. The molecule has 100 valence electrons. The van der Waals surface area contributed by atoms with Gasteiger partial charge in [0, 0.05) is 4.47 Å². The van der Waals surface area contributed by atoms with Gasteiger partial charge in [-0.15, -0.1) is 12.4 Å². The van der Waals surface area contributed by atoms with E-state index in [4.69, 9.17) is 4.74 Å². The Morgan fingerprint density at radius 2 is 1.72 bits per heavy atom. The van der Waals surface area contributed by atoms with Crippen LogP contribution in [0.2, 0.25) is 0 Å². The van der Waals surface area contributed by atoms with Gasteiger partial charge in [-0.2, -0.15) is 0 Å². The fraction of sp³-hybridized carbons (Fsp3) is 0.571. The Labute approximate surface area is 123 Å². The lowest BCUT2D eigenvalue weighted by molar-refractivity contribution is -0.0347. The van der Waals surface area contributed by atoms with E-state index in [1.165, 1.54) is 38.8 Å². The average molecular weight is 333 g/mol. The lowest BCUT2D eigenvalue weighted by Crippen LogP contribution is -2.49. The molecule has 0 amide bonds. The fourth-order valence-corrected chi connectivity index (χ4v) is 3.32. The summed E-state index contributed by atoms with van der Waals surface area (Å²) in [6, 6.07) is 8.15. The van der Waals surface area contributed by atoms with Crippen LogP contribution in [-0.4, -0.2) is 19.2 Å². The van der Waals surface area contributed by atoms with Crippen LogP contribution in [0.4, 0.5) is 0 Å². The average Bonchev–Trinajstić information content (AvgIpc) is 2.31. The summed E-state index contributed by atoms with van der Waals surface area (Å²) in [4.78, 5) is 0. The summed E-state index contributed by atoms with van der Waals surface area (Å²) < 4.78 is 7.10. The first kappa shape index (κ1) is 14.2. The summed E-state index contributed by atoms with van der Waals surface area (Å²) in [6.45, 7) is 2.37. The first-order valence-corrected chi connectivity index (χ1v) is 7.18. The Morgan fingerprint density at radius 1 is 1.11 bits per heavy atom. The lowest BCUT2D eigenvalue weighted by Gasteiger charge is -2.49. The third-order valence-electron chi connectivity index (χ3n) is 4.10. The minimum atomic E-state index is 0. The molecule has 1 N–H and O–H groups in total. The maximum Gasteiger partial charge on any atom is 0.119 e. The van der Waals surface area contributed by atoms with Gasteiger partial charge in [0.25, 0.3) is 0 Å². The molecule has 0 aromatic heterocycles. The van der Waals surface area contributed by atoms with E-state index < -0.39 is 0 Å². The molecule has 3 rings (SSSR count). The second-order valence-corrected chi connectivity index (χ2v) is 6.27. The molecule has 1 aliphatic carbocycles. The highest BCUT2D eigenvalue weighted by molar-refractivity contribution is 9.10. The predicted octanol–water partition coefficient (Wildman–Crippen LogP) is 3.78. The van der Waals surface area contributed by atoms with Crippen molar-refractivity contribution in [3.8, 4) is 5.75 Å². The van der Waals surface area contributed by atoms with E-state index in [1.807, 2.05) is 24.3 Å². The van der Waals surface area contributed by atoms with Gasteiger partial charge < -0.3 is 10.1 Å². The second kappa shape index (κ2) is 5.81. The molecule has 1 saturated carbocycles. The van der Waals surface area contributed by atoms with Crippen molar-refractivity contribution in [1.82, 2.24) is 5.32 Å². The SMILES string of the molecule is Brc1ccc(OC2CC3(CCNCC3)C2)cc1.Cl. The number of hydrogen-bond donors (Lipinski definition) is 1. The molecule has 1 saturated heterocycles. The summed E-state index contributed by atoms with van der Waals surface area (Å²) in [5, 5.41) is 3.43. The van der Waals surface area contributed by atoms with E-state index in [0.717, 1.165) is 10.2 Å². The first-order chi connectivity index (χ1) is 8.26. The highest BCUT2D eigenvalue weighted by Gasteiger charge is 2.45. The molecule has 2 fully saturated rings. The zero-order valence-electron chi connectivity index (χ0n) is 10.3. The van der Waals surface area contributed by atoms with E-state index in [0.29, 0.717) is 11.5 Å².